The Bertz CT molecular complexity index is 674. The number of nitrogens with zero attached hydrogens (tertiary/aromatic N) is 3. The second kappa shape index (κ2) is 5.78. The van der Waals surface area contributed by atoms with E-state index in [1.807, 2.05) is 11.3 Å². The van der Waals surface area contributed by atoms with E-state index < -0.39 is 0 Å². The number of aryl methyl sites for hydroxylation is 2. The summed E-state index contributed by atoms with van der Waals surface area (Å²) in [5, 5.41) is 1.32. The third-order valence-corrected chi connectivity index (χ3v) is 5.90. The van der Waals surface area contributed by atoms with Gasteiger partial charge in [-0.2, -0.15) is 0 Å². The summed E-state index contributed by atoms with van der Waals surface area (Å²) in [5.41, 5.74) is 1.53. The predicted octanol–water partition coefficient (Wildman–Crippen LogP) is 3.57. The first kappa shape index (κ1) is 14.4. The van der Waals surface area contributed by atoms with Crippen molar-refractivity contribution in [2.24, 2.45) is 0 Å². The Labute approximate surface area is 135 Å². The van der Waals surface area contributed by atoms with Crippen LogP contribution in [0.3, 0.4) is 0 Å². The molecule has 0 amide bonds. The molecule has 2 atom stereocenters. The van der Waals surface area contributed by atoms with E-state index in [1.165, 1.54) is 47.9 Å². The second-order valence-electron chi connectivity index (χ2n) is 6.60. The van der Waals surface area contributed by atoms with Gasteiger partial charge in [-0.05, 0) is 45.1 Å². The molecule has 4 rings (SSSR count). The van der Waals surface area contributed by atoms with Crippen molar-refractivity contribution in [3.63, 3.8) is 0 Å². The molecule has 1 aliphatic heterocycles. The van der Waals surface area contributed by atoms with Crippen LogP contribution in [0, 0.1) is 0 Å². The predicted molar refractivity (Wildman–Crippen MR) is 90.9 cm³/mol. The molecule has 2 aromatic heterocycles. The second-order valence-corrected chi connectivity index (χ2v) is 7.69. The van der Waals surface area contributed by atoms with Crippen molar-refractivity contribution in [2.75, 3.05) is 18.0 Å². The number of ether oxygens (including phenoxy) is 1. The van der Waals surface area contributed by atoms with Crippen molar-refractivity contribution in [2.45, 2.75) is 58.2 Å². The molecule has 0 radical (unpaired) electrons. The average molecular weight is 317 g/mol. The highest BCUT2D eigenvalue weighted by Crippen LogP contribution is 2.39. The Morgan fingerprint density at radius 2 is 1.86 bits per heavy atom. The van der Waals surface area contributed by atoms with Crippen molar-refractivity contribution in [1.29, 1.82) is 0 Å². The van der Waals surface area contributed by atoms with Gasteiger partial charge in [-0.25, -0.2) is 9.97 Å². The fourth-order valence-electron chi connectivity index (χ4n) is 3.84. The third kappa shape index (κ3) is 2.50. The first-order valence-corrected chi connectivity index (χ1v) is 9.19. The Balaban J connectivity index is 1.82. The fraction of sp³-hybridized carbons (Fsp3) is 0.647. The topological polar surface area (TPSA) is 38.2 Å². The van der Waals surface area contributed by atoms with Crippen LogP contribution in [0.1, 0.15) is 43.6 Å². The van der Waals surface area contributed by atoms with Gasteiger partial charge in [0.05, 0.1) is 17.6 Å². The Morgan fingerprint density at radius 3 is 2.68 bits per heavy atom. The smallest absolute Gasteiger partial charge is 0.141 e. The van der Waals surface area contributed by atoms with Crippen LogP contribution in [0.5, 0.6) is 0 Å². The van der Waals surface area contributed by atoms with Crippen LogP contribution in [0.15, 0.2) is 6.33 Å². The molecular formula is C17H23N3OS. The van der Waals surface area contributed by atoms with Gasteiger partial charge in [0.2, 0.25) is 0 Å². The van der Waals surface area contributed by atoms with Crippen LogP contribution in [-0.2, 0) is 17.6 Å². The summed E-state index contributed by atoms with van der Waals surface area (Å²) in [4.78, 5) is 14.4. The molecule has 1 aliphatic carbocycles. The number of aromatic nitrogens is 2. The highest BCUT2D eigenvalue weighted by atomic mass is 32.1. The summed E-state index contributed by atoms with van der Waals surface area (Å²) >= 11 is 1.88. The lowest BCUT2D eigenvalue weighted by molar-refractivity contribution is -0.00537. The molecule has 22 heavy (non-hydrogen) atoms. The lowest BCUT2D eigenvalue weighted by Crippen LogP contribution is -2.46. The monoisotopic (exact) mass is 317 g/mol. The van der Waals surface area contributed by atoms with E-state index in [9.17, 15) is 0 Å². The van der Waals surface area contributed by atoms with Crippen LogP contribution in [0.2, 0.25) is 0 Å². The van der Waals surface area contributed by atoms with Crippen molar-refractivity contribution in [3.8, 4) is 0 Å². The van der Waals surface area contributed by atoms with Crippen LogP contribution in [0.4, 0.5) is 5.82 Å². The van der Waals surface area contributed by atoms with Crippen molar-refractivity contribution in [3.05, 3.63) is 16.8 Å². The van der Waals surface area contributed by atoms with Crippen LogP contribution < -0.4 is 4.90 Å². The number of morpholine rings is 1. The van der Waals surface area contributed by atoms with E-state index in [-0.39, 0.29) is 12.2 Å². The van der Waals surface area contributed by atoms with Gasteiger partial charge in [0, 0.05) is 18.0 Å². The molecule has 5 heteroatoms. The molecule has 0 bridgehead atoms. The largest absolute Gasteiger partial charge is 0.372 e. The molecule has 1 saturated heterocycles. The van der Waals surface area contributed by atoms with E-state index in [1.54, 1.807) is 11.2 Å². The van der Waals surface area contributed by atoms with Crippen molar-refractivity contribution >= 4 is 27.4 Å². The maximum atomic E-state index is 5.88. The van der Waals surface area contributed by atoms with Gasteiger partial charge in [0.1, 0.15) is 17.0 Å². The third-order valence-electron chi connectivity index (χ3n) is 4.70. The number of anilines is 1. The van der Waals surface area contributed by atoms with Gasteiger partial charge in [-0.15, -0.1) is 11.3 Å². The van der Waals surface area contributed by atoms with Gasteiger partial charge < -0.3 is 9.64 Å². The average Bonchev–Trinajstić information content (AvgIpc) is 2.68. The van der Waals surface area contributed by atoms with Crippen LogP contribution in [0.25, 0.3) is 10.2 Å². The summed E-state index contributed by atoms with van der Waals surface area (Å²) in [6.45, 7) is 6.13. The molecule has 3 heterocycles. The molecule has 2 unspecified atom stereocenters. The standard InChI is InChI=1S/C17H23N3OS/c1-11-8-20(9-12(2)21-11)16-15-13-6-4-3-5-7-14(13)22-17(15)19-10-18-16/h10-12H,3-9H2,1-2H3. The highest BCUT2D eigenvalue weighted by molar-refractivity contribution is 7.18. The minimum absolute atomic E-state index is 0.256. The fourth-order valence-corrected chi connectivity index (χ4v) is 5.06. The van der Waals surface area contributed by atoms with Gasteiger partial charge in [0.15, 0.2) is 0 Å². The molecule has 0 saturated carbocycles. The summed E-state index contributed by atoms with van der Waals surface area (Å²) in [6.07, 6.45) is 8.60. The summed E-state index contributed by atoms with van der Waals surface area (Å²) in [6, 6.07) is 0. The maximum Gasteiger partial charge on any atom is 0.141 e. The first-order valence-electron chi connectivity index (χ1n) is 8.38. The normalized spacial score (nSPS) is 26.0. The van der Waals surface area contributed by atoms with Gasteiger partial charge in [-0.1, -0.05) is 6.42 Å². The van der Waals surface area contributed by atoms with Crippen molar-refractivity contribution in [1.82, 2.24) is 9.97 Å². The zero-order valence-corrected chi connectivity index (χ0v) is 14.2. The zero-order chi connectivity index (χ0) is 15.1. The van der Waals surface area contributed by atoms with Crippen LogP contribution in [-0.4, -0.2) is 35.3 Å². The molecule has 2 aromatic rings. The van der Waals surface area contributed by atoms with Crippen molar-refractivity contribution < 1.29 is 4.74 Å². The first-order chi connectivity index (χ1) is 10.7. The van der Waals surface area contributed by atoms with E-state index in [2.05, 4.69) is 28.7 Å². The van der Waals surface area contributed by atoms with E-state index in [4.69, 9.17) is 4.74 Å². The lowest BCUT2D eigenvalue weighted by Gasteiger charge is -2.36. The maximum absolute atomic E-state index is 5.88. The minimum atomic E-state index is 0.256. The number of fused-ring (bicyclic) bond motifs is 3. The Hall–Kier alpha value is -1.20. The summed E-state index contributed by atoms with van der Waals surface area (Å²) in [7, 11) is 0. The molecule has 1 fully saturated rings. The number of thiophene rings is 1. The number of rotatable bonds is 1. The summed E-state index contributed by atoms with van der Waals surface area (Å²) < 4.78 is 5.88. The lowest BCUT2D eigenvalue weighted by atomic mass is 10.1. The summed E-state index contributed by atoms with van der Waals surface area (Å²) in [5.74, 6) is 1.13. The number of hydrogen-bond donors (Lipinski definition) is 0. The SMILES string of the molecule is CC1CN(c2ncnc3sc4c(c23)CCCCC4)CC(C)O1. The molecule has 0 spiro atoms. The molecular weight excluding hydrogens is 294 g/mol. The molecule has 2 aliphatic rings. The van der Waals surface area contributed by atoms with E-state index in [0.29, 0.717) is 0 Å². The van der Waals surface area contributed by atoms with Crippen LogP contribution >= 0.6 is 11.3 Å². The minimum Gasteiger partial charge on any atom is -0.372 e. The van der Waals surface area contributed by atoms with E-state index >= 15 is 0 Å². The van der Waals surface area contributed by atoms with Gasteiger partial charge in [-0.3, -0.25) is 0 Å². The van der Waals surface area contributed by atoms with E-state index in [0.717, 1.165) is 18.9 Å². The van der Waals surface area contributed by atoms with Gasteiger partial charge in [0.25, 0.3) is 0 Å². The molecule has 0 aromatic carbocycles. The molecule has 0 N–H and O–H groups in total. The number of hydrogen-bond acceptors (Lipinski definition) is 5. The zero-order valence-electron chi connectivity index (χ0n) is 13.3. The Kier molecular flexibility index (Phi) is 3.78. The van der Waals surface area contributed by atoms with Gasteiger partial charge >= 0.3 is 0 Å². The highest BCUT2D eigenvalue weighted by Gasteiger charge is 2.27. The quantitative estimate of drug-likeness (QED) is 0.754. The molecule has 118 valence electrons. The Morgan fingerprint density at radius 1 is 1.09 bits per heavy atom. The molecule has 4 nitrogen and oxygen atoms in total.